The van der Waals surface area contributed by atoms with Gasteiger partial charge in [0, 0.05) is 15.6 Å². The number of aliphatic hydroxyl groups is 1. The third kappa shape index (κ3) is 2.76. The molecule has 1 unspecified atom stereocenters. The van der Waals surface area contributed by atoms with Crippen LogP contribution in [-0.2, 0) is 5.60 Å². The average molecular weight is 409 g/mol. The minimum absolute atomic E-state index is 0.721. The maximum Gasteiger partial charge on any atom is 0.141 e. The fourth-order valence-corrected chi connectivity index (χ4v) is 4.03. The van der Waals surface area contributed by atoms with Crippen molar-refractivity contribution in [3.8, 4) is 16.9 Å². The Morgan fingerprint density at radius 1 is 0.923 bits per heavy atom. The first kappa shape index (κ1) is 17.3. The summed E-state index contributed by atoms with van der Waals surface area (Å²) in [6.45, 7) is 2.87. The van der Waals surface area contributed by atoms with Gasteiger partial charge in [0.25, 0.3) is 0 Å². The Hall–Kier alpha value is -2.10. The van der Waals surface area contributed by atoms with Crippen LogP contribution in [-0.4, -0.2) is 11.7 Å². The van der Waals surface area contributed by atoms with Gasteiger partial charge in [0.15, 0.2) is 0 Å². The monoisotopic (exact) mass is 408 g/mol. The van der Waals surface area contributed by atoms with E-state index in [1.165, 1.54) is 0 Å². The molecule has 1 atom stereocenters. The first-order valence-electron chi connectivity index (χ1n) is 9.00. The summed E-state index contributed by atoms with van der Waals surface area (Å²) in [7, 11) is 0. The highest BCUT2D eigenvalue weighted by Gasteiger charge is 2.43. The van der Waals surface area contributed by atoms with E-state index < -0.39 is 5.60 Å². The van der Waals surface area contributed by atoms with Crippen LogP contribution < -0.4 is 4.74 Å². The highest BCUT2D eigenvalue weighted by Crippen LogP contribution is 2.51. The molecule has 132 valence electrons. The van der Waals surface area contributed by atoms with Gasteiger partial charge in [0.2, 0.25) is 0 Å². The Balaban J connectivity index is 1.79. The van der Waals surface area contributed by atoms with Crippen LogP contribution in [0.1, 0.15) is 36.5 Å². The Kier molecular flexibility index (Phi) is 4.60. The van der Waals surface area contributed by atoms with E-state index in [1.807, 2.05) is 54.6 Å². The highest BCUT2D eigenvalue weighted by atomic mass is 79.9. The molecule has 1 aliphatic carbocycles. The molecule has 26 heavy (non-hydrogen) atoms. The Morgan fingerprint density at radius 3 is 2.42 bits per heavy atom. The Morgan fingerprint density at radius 2 is 1.65 bits per heavy atom. The van der Waals surface area contributed by atoms with Gasteiger partial charge in [-0.25, -0.2) is 0 Å². The minimum atomic E-state index is -1.16. The molecule has 4 rings (SSSR count). The lowest BCUT2D eigenvalue weighted by atomic mass is 9.84. The van der Waals surface area contributed by atoms with E-state index in [-0.39, 0.29) is 0 Å². The van der Waals surface area contributed by atoms with Crippen molar-refractivity contribution in [2.75, 3.05) is 6.61 Å². The van der Waals surface area contributed by atoms with Gasteiger partial charge in [-0.05, 0) is 47.4 Å². The molecule has 0 saturated carbocycles. The zero-order valence-corrected chi connectivity index (χ0v) is 16.3. The van der Waals surface area contributed by atoms with Crippen LogP contribution in [0.15, 0.2) is 71.2 Å². The van der Waals surface area contributed by atoms with Crippen LogP contribution in [0.25, 0.3) is 11.1 Å². The summed E-state index contributed by atoms with van der Waals surface area (Å²) in [5.41, 5.74) is 3.69. The van der Waals surface area contributed by atoms with Crippen molar-refractivity contribution in [1.29, 1.82) is 0 Å². The summed E-state index contributed by atoms with van der Waals surface area (Å²) in [6.07, 6.45) is 2.15. The molecule has 0 amide bonds. The summed E-state index contributed by atoms with van der Waals surface area (Å²) in [4.78, 5) is 0. The lowest BCUT2D eigenvalue weighted by Crippen LogP contribution is -2.26. The molecule has 3 aromatic carbocycles. The van der Waals surface area contributed by atoms with Gasteiger partial charge in [0.1, 0.15) is 11.4 Å². The molecule has 0 bridgehead atoms. The minimum Gasteiger partial charge on any atom is -0.494 e. The van der Waals surface area contributed by atoms with E-state index >= 15 is 0 Å². The lowest BCUT2D eigenvalue weighted by molar-refractivity contribution is 0.130. The number of hydrogen-bond donors (Lipinski definition) is 1. The number of rotatable bonds is 5. The number of fused-ring (bicyclic) bond motifs is 3. The normalized spacial score (nSPS) is 17.7. The molecule has 0 aliphatic heterocycles. The fraction of sp³-hybridized carbons (Fsp3) is 0.217. The van der Waals surface area contributed by atoms with Gasteiger partial charge in [-0.3, -0.25) is 0 Å². The van der Waals surface area contributed by atoms with Gasteiger partial charge < -0.3 is 9.84 Å². The predicted molar refractivity (Wildman–Crippen MR) is 109 cm³/mol. The van der Waals surface area contributed by atoms with Crippen molar-refractivity contribution in [3.05, 3.63) is 87.9 Å². The molecule has 2 nitrogen and oxygen atoms in total. The van der Waals surface area contributed by atoms with Crippen molar-refractivity contribution in [2.24, 2.45) is 0 Å². The number of halogens is 1. The van der Waals surface area contributed by atoms with Crippen molar-refractivity contribution in [3.63, 3.8) is 0 Å². The molecule has 3 aromatic rings. The van der Waals surface area contributed by atoms with Gasteiger partial charge in [-0.15, -0.1) is 0 Å². The second-order valence-corrected chi connectivity index (χ2v) is 7.59. The highest BCUT2D eigenvalue weighted by molar-refractivity contribution is 9.10. The maximum atomic E-state index is 11.8. The second-order valence-electron chi connectivity index (χ2n) is 6.67. The predicted octanol–water partition coefficient (Wildman–Crippen LogP) is 5.89. The lowest BCUT2D eigenvalue weighted by Gasteiger charge is -2.27. The standard InChI is InChI=1S/C23H21BrO2/c1-2-3-14-26-18-11-8-16(9-12-18)23(25)21-7-5-4-6-19(21)20-13-10-17(24)15-22(20)23/h4-13,15,25H,2-3,14H2,1H3. The number of hydrogen-bond acceptors (Lipinski definition) is 2. The number of ether oxygens (including phenoxy) is 1. The molecular weight excluding hydrogens is 388 g/mol. The van der Waals surface area contributed by atoms with Crippen molar-refractivity contribution < 1.29 is 9.84 Å². The summed E-state index contributed by atoms with van der Waals surface area (Å²) < 4.78 is 6.73. The second kappa shape index (κ2) is 6.90. The topological polar surface area (TPSA) is 29.5 Å². The van der Waals surface area contributed by atoms with E-state index in [4.69, 9.17) is 4.74 Å². The Bertz CT molecular complexity index is 933. The molecule has 0 fully saturated rings. The largest absolute Gasteiger partial charge is 0.494 e. The summed E-state index contributed by atoms with van der Waals surface area (Å²) in [5, 5.41) is 11.8. The van der Waals surface area contributed by atoms with Crippen LogP contribution in [0.3, 0.4) is 0 Å². The van der Waals surface area contributed by atoms with E-state index in [0.717, 1.165) is 57.5 Å². The van der Waals surface area contributed by atoms with Crippen molar-refractivity contribution >= 4 is 15.9 Å². The summed E-state index contributed by atoms with van der Waals surface area (Å²) >= 11 is 3.55. The molecule has 0 saturated heterocycles. The van der Waals surface area contributed by atoms with E-state index in [2.05, 4.69) is 35.0 Å². The molecule has 0 heterocycles. The molecule has 0 aromatic heterocycles. The van der Waals surface area contributed by atoms with Gasteiger partial charge in [-0.1, -0.05) is 71.7 Å². The van der Waals surface area contributed by atoms with Crippen LogP contribution >= 0.6 is 15.9 Å². The smallest absolute Gasteiger partial charge is 0.141 e. The molecule has 0 spiro atoms. The number of unbranched alkanes of at least 4 members (excludes halogenated alkanes) is 1. The maximum absolute atomic E-state index is 11.8. The third-order valence-electron chi connectivity index (χ3n) is 5.02. The Labute approximate surface area is 162 Å². The van der Waals surface area contributed by atoms with Crippen LogP contribution in [0.2, 0.25) is 0 Å². The molecule has 3 heteroatoms. The SMILES string of the molecule is CCCCOc1ccc(C2(O)c3ccccc3-c3ccc(Br)cc32)cc1. The van der Waals surface area contributed by atoms with Gasteiger partial charge in [-0.2, -0.15) is 0 Å². The summed E-state index contributed by atoms with van der Waals surface area (Å²) in [5.74, 6) is 0.839. The fourth-order valence-electron chi connectivity index (χ4n) is 3.67. The number of benzene rings is 3. The zero-order chi connectivity index (χ0) is 18.1. The van der Waals surface area contributed by atoms with E-state index in [9.17, 15) is 5.11 Å². The third-order valence-corrected chi connectivity index (χ3v) is 5.51. The average Bonchev–Trinajstić information content (AvgIpc) is 2.92. The molecule has 1 aliphatic rings. The zero-order valence-electron chi connectivity index (χ0n) is 14.7. The first-order chi connectivity index (χ1) is 12.6. The van der Waals surface area contributed by atoms with E-state index in [0.29, 0.717) is 0 Å². The molecule has 1 N–H and O–H groups in total. The van der Waals surface area contributed by atoms with Crippen LogP contribution in [0, 0.1) is 0 Å². The quantitative estimate of drug-likeness (QED) is 0.533. The van der Waals surface area contributed by atoms with E-state index in [1.54, 1.807) is 0 Å². The molecule has 0 radical (unpaired) electrons. The molecular formula is C23H21BrO2. The van der Waals surface area contributed by atoms with Gasteiger partial charge >= 0.3 is 0 Å². The van der Waals surface area contributed by atoms with Crippen LogP contribution in [0.5, 0.6) is 5.75 Å². The summed E-state index contributed by atoms with van der Waals surface area (Å²) in [6, 6.07) is 22.0. The van der Waals surface area contributed by atoms with Crippen molar-refractivity contribution in [1.82, 2.24) is 0 Å². The van der Waals surface area contributed by atoms with Gasteiger partial charge in [0.05, 0.1) is 6.61 Å². The van der Waals surface area contributed by atoms with Crippen molar-refractivity contribution in [2.45, 2.75) is 25.4 Å². The first-order valence-corrected chi connectivity index (χ1v) is 9.79. The van der Waals surface area contributed by atoms with Crippen LogP contribution in [0.4, 0.5) is 0 Å².